The number of hydrogen-bond acceptors (Lipinski definition) is 4. The van der Waals surface area contributed by atoms with Gasteiger partial charge in [-0.3, -0.25) is 4.79 Å². The maximum absolute atomic E-state index is 11.9. The van der Waals surface area contributed by atoms with Crippen LogP contribution in [0.15, 0.2) is 4.52 Å². The zero-order valence-corrected chi connectivity index (χ0v) is 12.3. The minimum atomic E-state index is -0.449. The molecule has 108 valence electrons. The molecule has 0 saturated heterocycles. The van der Waals surface area contributed by atoms with Crippen LogP contribution >= 0.6 is 0 Å². The van der Waals surface area contributed by atoms with Gasteiger partial charge in [0.25, 0.3) is 0 Å². The third kappa shape index (κ3) is 4.35. The molecule has 1 rings (SSSR count). The van der Waals surface area contributed by atoms with Gasteiger partial charge in [0, 0.05) is 18.5 Å². The number of rotatable bonds is 7. The average molecular weight is 267 g/mol. The molecule has 0 aliphatic heterocycles. The lowest BCUT2D eigenvalue weighted by atomic mass is 10.0. The quantitative estimate of drug-likeness (QED) is 0.789. The Hall–Kier alpha value is -1.36. The Balaban J connectivity index is 2.61. The number of aromatic nitrogens is 1. The molecule has 0 bridgehead atoms. The molecule has 1 aromatic rings. The Morgan fingerprint density at radius 1 is 1.37 bits per heavy atom. The summed E-state index contributed by atoms with van der Waals surface area (Å²) in [7, 11) is 0. The van der Waals surface area contributed by atoms with Crippen molar-refractivity contribution in [1.29, 1.82) is 0 Å². The second-order valence-corrected chi connectivity index (χ2v) is 5.19. The lowest BCUT2D eigenvalue weighted by Gasteiger charge is -2.14. The van der Waals surface area contributed by atoms with Crippen LogP contribution in [0.25, 0.3) is 0 Å². The molecule has 0 radical (unpaired) electrons. The molecule has 1 heterocycles. The molecule has 0 unspecified atom stereocenters. The highest BCUT2D eigenvalue weighted by atomic mass is 16.5. The van der Waals surface area contributed by atoms with Crippen LogP contribution < -0.4 is 11.1 Å². The van der Waals surface area contributed by atoms with Crippen molar-refractivity contribution < 1.29 is 9.32 Å². The average Bonchev–Trinajstić information content (AvgIpc) is 2.76. The molecule has 0 aliphatic rings. The van der Waals surface area contributed by atoms with Crippen molar-refractivity contribution in [3.05, 3.63) is 17.0 Å². The number of hydrogen-bond donors (Lipinski definition) is 2. The lowest BCUT2D eigenvalue weighted by molar-refractivity contribution is -0.122. The van der Waals surface area contributed by atoms with E-state index in [0.29, 0.717) is 18.9 Å². The van der Waals surface area contributed by atoms with Crippen molar-refractivity contribution >= 4 is 5.91 Å². The molecule has 1 amide bonds. The van der Waals surface area contributed by atoms with Gasteiger partial charge in [-0.25, -0.2) is 0 Å². The van der Waals surface area contributed by atoms with Gasteiger partial charge in [0.05, 0.1) is 11.7 Å². The summed E-state index contributed by atoms with van der Waals surface area (Å²) in [5.74, 6) is 1.14. The Kier molecular flexibility index (Phi) is 6.02. The fourth-order valence-corrected chi connectivity index (χ4v) is 2.06. The van der Waals surface area contributed by atoms with Crippen molar-refractivity contribution in [2.45, 2.75) is 59.5 Å². The van der Waals surface area contributed by atoms with E-state index in [-0.39, 0.29) is 5.91 Å². The summed E-state index contributed by atoms with van der Waals surface area (Å²) in [6, 6.07) is -0.449. The SMILES string of the molecule is CCc1noc(CC)c1CNC(=O)[C@@H](N)CC(C)C. The number of amides is 1. The van der Waals surface area contributed by atoms with E-state index in [0.717, 1.165) is 29.9 Å². The van der Waals surface area contributed by atoms with Gasteiger partial charge in [0.15, 0.2) is 0 Å². The summed E-state index contributed by atoms with van der Waals surface area (Å²) in [6.07, 6.45) is 2.26. The Morgan fingerprint density at radius 3 is 2.58 bits per heavy atom. The summed E-state index contributed by atoms with van der Waals surface area (Å²) in [5, 5.41) is 6.89. The van der Waals surface area contributed by atoms with Gasteiger partial charge in [-0.15, -0.1) is 0 Å². The molecule has 5 heteroatoms. The van der Waals surface area contributed by atoms with Crippen LogP contribution in [0.1, 0.15) is 51.1 Å². The zero-order valence-electron chi connectivity index (χ0n) is 12.3. The third-order valence-electron chi connectivity index (χ3n) is 3.11. The summed E-state index contributed by atoms with van der Waals surface area (Å²) >= 11 is 0. The molecule has 0 aromatic carbocycles. The van der Waals surface area contributed by atoms with Gasteiger partial charge in [-0.2, -0.15) is 0 Å². The first-order valence-corrected chi connectivity index (χ1v) is 6.99. The minimum Gasteiger partial charge on any atom is -0.361 e. The first-order valence-electron chi connectivity index (χ1n) is 6.99. The minimum absolute atomic E-state index is 0.112. The van der Waals surface area contributed by atoms with E-state index in [9.17, 15) is 4.79 Å². The van der Waals surface area contributed by atoms with Crippen LogP contribution in [0.2, 0.25) is 0 Å². The normalized spacial score (nSPS) is 12.7. The van der Waals surface area contributed by atoms with Gasteiger partial charge in [0.1, 0.15) is 5.76 Å². The van der Waals surface area contributed by atoms with Crippen LogP contribution in [0.4, 0.5) is 0 Å². The number of aryl methyl sites for hydroxylation is 2. The third-order valence-corrected chi connectivity index (χ3v) is 3.11. The standard InChI is InChI=1S/C14H25N3O2/c1-5-12-10(13(6-2)19-17-12)8-16-14(18)11(15)7-9(3)4/h9,11H,5-8,15H2,1-4H3,(H,16,18)/t11-/m0/s1. The second-order valence-electron chi connectivity index (χ2n) is 5.19. The van der Waals surface area contributed by atoms with Crippen LogP contribution in [-0.2, 0) is 24.2 Å². The molecule has 0 aliphatic carbocycles. The van der Waals surface area contributed by atoms with Gasteiger partial charge in [-0.1, -0.05) is 32.9 Å². The van der Waals surface area contributed by atoms with Gasteiger partial charge >= 0.3 is 0 Å². The first kappa shape index (κ1) is 15.7. The molecule has 0 spiro atoms. The molecule has 5 nitrogen and oxygen atoms in total. The van der Waals surface area contributed by atoms with Crippen LogP contribution in [0, 0.1) is 5.92 Å². The molecule has 0 fully saturated rings. The van der Waals surface area contributed by atoms with Crippen LogP contribution in [0.3, 0.4) is 0 Å². The van der Waals surface area contributed by atoms with Crippen molar-refractivity contribution in [3.8, 4) is 0 Å². The molecule has 1 atom stereocenters. The van der Waals surface area contributed by atoms with Crippen molar-refractivity contribution in [2.24, 2.45) is 11.7 Å². The molecule has 1 aromatic heterocycles. The Labute approximate surface area is 114 Å². The van der Waals surface area contributed by atoms with E-state index in [1.54, 1.807) is 0 Å². The molecular weight excluding hydrogens is 242 g/mol. The predicted molar refractivity (Wildman–Crippen MR) is 74.5 cm³/mol. The van der Waals surface area contributed by atoms with Crippen molar-refractivity contribution in [1.82, 2.24) is 10.5 Å². The maximum atomic E-state index is 11.9. The summed E-state index contributed by atoms with van der Waals surface area (Å²) in [6.45, 7) is 8.58. The largest absolute Gasteiger partial charge is 0.361 e. The van der Waals surface area contributed by atoms with E-state index >= 15 is 0 Å². The highest BCUT2D eigenvalue weighted by Gasteiger charge is 2.18. The second kappa shape index (κ2) is 7.28. The highest BCUT2D eigenvalue weighted by Crippen LogP contribution is 2.15. The smallest absolute Gasteiger partial charge is 0.237 e. The summed E-state index contributed by atoms with van der Waals surface area (Å²) in [5.41, 5.74) is 7.75. The van der Waals surface area contributed by atoms with Gasteiger partial charge in [0.2, 0.25) is 5.91 Å². The number of nitrogens with one attached hydrogen (secondary N) is 1. The first-order chi connectivity index (χ1) is 8.99. The van der Waals surface area contributed by atoms with Crippen molar-refractivity contribution in [2.75, 3.05) is 0 Å². The molecule has 3 N–H and O–H groups in total. The van der Waals surface area contributed by atoms with E-state index < -0.39 is 6.04 Å². The number of carbonyl (C=O) groups excluding carboxylic acids is 1. The molecule has 19 heavy (non-hydrogen) atoms. The zero-order chi connectivity index (χ0) is 14.4. The van der Waals surface area contributed by atoms with Crippen molar-refractivity contribution in [3.63, 3.8) is 0 Å². The Bertz CT molecular complexity index is 391. The maximum Gasteiger partial charge on any atom is 0.237 e. The summed E-state index contributed by atoms with van der Waals surface area (Å²) in [4.78, 5) is 11.9. The lowest BCUT2D eigenvalue weighted by Crippen LogP contribution is -2.41. The topological polar surface area (TPSA) is 81.2 Å². The van der Waals surface area contributed by atoms with E-state index in [1.807, 2.05) is 13.8 Å². The summed E-state index contributed by atoms with van der Waals surface area (Å²) < 4.78 is 5.26. The monoisotopic (exact) mass is 267 g/mol. The van der Waals surface area contributed by atoms with Gasteiger partial charge in [-0.05, 0) is 18.8 Å². The number of carbonyl (C=O) groups is 1. The Morgan fingerprint density at radius 2 is 2.05 bits per heavy atom. The van der Waals surface area contributed by atoms with Crippen LogP contribution in [-0.4, -0.2) is 17.1 Å². The van der Waals surface area contributed by atoms with Crippen LogP contribution in [0.5, 0.6) is 0 Å². The fourth-order valence-electron chi connectivity index (χ4n) is 2.06. The molecule has 0 saturated carbocycles. The van der Waals surface area contributed by atoms with E-state index in [4.69, 9.17) is 10.3 Å². The van der Waals surface area contributed by atoms with E-state index in [1.165, 1.54) is 0 Å². The number of nitrogens with two attached hydrogens (primary N) is 1. The van der Waals surface area contributed by atoms with Gasteiger partial charge < -0.3 is 15.6 Å². The fraction of sp³-hybridized carbons (Fsp3) is 0.714. The van der Waals surface area contributed by atoms with E-state index in [2.05, 4.69) is 24.3 Å². The number of nitrogens with zero attached hydrogens (tertiary/aromatic N) is 1. The predicted octanol–water partition coefficient (Wildman–Crippen LogP) is 1.79. The molecular formula is C14H25N3O2. The highest BCUT2D eigenvalue weighted by molar-refractivity contribution is 5.81.